The average molecular weight is 206 g/mol. The third kappa shape index (κ3) is 1.88. The number of hydrogen-bond acceptors (Lipinski definition) is 2. The first-order chi connectivity index (χ1) is 6.98. The summed E-state index contributed by atoms with van der Waals surface area (Å²) in [5.74, 6) is -0.538. The summed E-state index contributed by atoms with van der Waals surface area (Å²) in [4.78, 5) is 15.8. The number of hydrogen-bond donors (Lipinski definition) is 1. The van der Waals surface area contributed by atoms with Gasteiger partial charge in [0.15, 0.2) is 0 Å². The molecule has 1 aromatic carbocycles. The highest BCUT2D eigenvalue weighted by molar-refractivity contribution is 6.46. The van der Waals surface area contributed by atoms with E-state index >= 15 is 0 Å². The van der Waals surface area contributed by atoms with Crippen molar-refractivity contribution < 1.29 is 9.18 Å². The van der Waals surface area contributed by atoms with Gasteiger partial charge < -0.3 is 5.32 Å². The topological polar surface area (TPSA) is 41.5 Å². The van der Waals surface area contributed by atoms with Crippen LogP contribution >= 0.6 is 0 Å². The lowest BCUT2D eigenvalue weighted by molar-refractivity contribution is -0.115. The largest absolute Gasteiger partial charge is 0.327 e. The van der Waals surface area contributed by atoms with Crippen molar-refractivity contribution in [3.05, 3.63) is 35.6 Å². The second kappa shape index (κ2) is 3.15. The zero-order chi connectivity index (χ0) is 11.1. The lowest BCUT2D eigenvalue weighted by Crippen LogP contribution is -2.36. The highest BCUT2D eigenvalue weighted by atomic mass is 19.1. The van der Waals surface area contributed by atoms with Gasteiger partial charge in [0.2, 0.25) is 0 Å². The van der Waals surface area contributed by atoms with Crippen molar-refractivity contribution in [2.45, 2.75) is 19.5 Å². The van der Waals surface area contributed by atoms with E-state index < -0.39 is 5.66 Å². The maximum atomic E-state index is 12.7. The molecule has 0 saturated heterocycles. The Balaban J connectivity index is 2.40. The smallest absolute Gasteiger partial charge is 0.271 e. The van der Waals surface area contributed by atoms with Gasteiger partial charge in [-0.1, -0.05) is 0 Å². The summed E-state index contributed by atoms with van der Waals surface area (Å²) >= 11 is 0. The van der Waals surface area contributed by atoms with Crippen molar-refractivity contribution in [2.75, 3.05) is 0 Å². The Morgan fingerprint density at radius 3 is 2.33 bits per heavy atom. The molecule has 0 spiro atoms. The molecular formula is C11H11FN2O. The maximum Gasteiger partial charge on any atom is 0.271 e. The van der Waals surface area contributed by atoms with Gasteiger partial charge in [-0.3, -0.25) is 9.79 Å². The summed E-state index contributed by atoms with van der Waals surface area (Å²) in [7, 11) is 0. The second-order valence-corrected chi connectivity index (χ2v) is 3.98. The Kier molecular flexibility index (Phi) is 2.07. The van der Waals surface area contributed by atoms with E-state index in [1.54, 1.807) is 26.0 Å². The molecule has 4 heteroatoms. The van der Waals surface area contributed by atoms with Crippen molar-refractivity contribution >= 4 is 11.6 Å². The summed E-state index contributed by atoms with van der Waals surface area (Å²) in [5, 5.41) is 2.72. The van der Waals surface area contributed by atoms with Gasteiger partial charge >= 0.3 is 0 Å². The monoisotopic (exact) mass is 206 g/mol. The SMILES string of the molecule is CC1(C)N=C(c2ccc(F)cc2)C(=O)N1. The number of halogens is 1. The molecule has 3 nitrogen and oxygen atoms in total. The highest BCUT2D eigenvalue weighted by Gasteiger charge is 2.31. The normalized spacial score (nSPS) is 18.6. The molecule has 1 aromatic rings. The molecule has 0 aromatic heterocycles. The third-order valence-corrected chi connectivity index (χ3v) is 2.14. The zero-order valence-electron chi connectivity index (χ0n) is 8.54. The highest BCUT2D eigenvalue weighted by Crippen LogP contribution is 2.16. The fraction of sp³-hybridized carbons (Fsp3) is 0.273. The van der Waals surface area contributed by atoms with Crippen molar-refractivity contribution in [1.82, 2.24) is 5.32 Å². The van der Waals surface area contributed by atoms with E-state index in [0.717, 1.165) is 0 Å². The van der Waals surface area contributed by atoms with Gasteiger partial charge in [0.05, 0.1) is 0 Å². The Morgan fingerprint density at radius 1 is 1.27 bits per heavy atom. The van der Waals surface area contributed by atoms with Crippen LogP contribution in [0.25, 0.3) is 0 Å². The molecule has 1 amide bonds. The van der Waals surface area contributed by atoms with Crippen molar-refractivity contribution in [3.63, 3.8) is 0 Å². The lowest BCUT2D eigenvalue weighted by atomic mass is 10.1. The van der Waals surface area contributed by atoms with Crippen LogP contribution in [0.2, 0.25) is 0 Å². The molecule has 0 saturated carbocycles. The summed E-state index contributed by atoms with van der Waals surface area (Å²) < 4.78 is 12.7. The molecule has 0 fully saturated rings. The number of carbonyl (C=O) groups excluding carboxylic acids is 1. The van der Waals surface area contributed by atoms with Crippen LogP contribution in [-0.4, -0.2) is 17.3 Å². The molecule has 1 heterocycles. The van der Waals surface area contributed by atoms with Gasteiger partial charge in [-0.15, -0.1) is 0 Å². The van der Waals surface area contributed by atoms with Crippen molar-refractivity contribution in [1.29, 1.82) is 0 Å². The summed E-state index contributed by atoms with van der Waals surface area (Å²) in [6, 6.07) is 5.73. The van der Waals surface area contributed by atoms with E-state index in [0.29, 0.717) is 11.3 Å². The van der Waals surface area contributed by atoms with Crippen LogP contribution in [0, 0.1) is 5.82 Å². The molecule has 0 atom stereocenters. The number of rotatable bonds is 1. The average Bonchev–Trinajstić information content (AvgIpc) is 2.41. The maximum absolute atomic E-state index is 12.7. The van der Waals surface area contributed by atoms with Crippen LogP contribution in [0.1, 0.15) is 19.4 Å². The van der Waals surface area contributed by atoms with E-state index in [-0.39, 0.29) is 11.7 Å². The Morgan fingerprint density at radius 2 is 1.87 bits per heavy atom. The third-order valence-electron chi connectivity index (χ3n) is 2.14. The van der Waals surface area contributed by atoms with Gasteiger partial charge in [-0.2, -0.15) is 0 Å². The van der Waals surface area contributed by atoms with E-state index in [1.165, 1.54) is 12.1 Å². The van der Waals surface area contributed by atoms with Crippen LogP contribution < -0.4 is 5.32 Å². The zero-order valence-corrected chi connectivity index (χ0v) is 8.54. The Hall–Kier alpha value is -1.71. The number of amides is 1. The van der Waals surface area contributed by atoms with Crippen LogP contribution in [0.3, 0.4) is 0 Å². The van der Waals surface area contributed by atoms with Gasteiger partial charge in [0.1, 0.15) is 17.2 Å². The van der Waals surface area contributed by atoms with E-state index in [9.17, 15) is 9.18 Å². The molecule has 0 aliphatic carbocycles. The number of carbonyl (C=O) groups is 1. The predicted molar refractivity (Wildman–Crippen MR) is 55.2 cm³/mol. The Labute approximate surface area is 87.0 Å². The number of nitrogens with zero attached hydrogens (tertiary/aromatic N) is 1. The fourth-order valence-electron chi connectivity index (χ4n) is 1.50. The molecule has 1 aliphatic heterocycles. The van der Waals surface area contributed by atoms with Gasteiger partial charge in [0, 0.05) is 5.56 Å². The van der Waals surface area contributed by atoms with Crippen molar-refractivity contribution in [3.8, 4) is 0 Å². The quantitative estimate of drug-likeness (QED) is 0.743. The van der Waals surface area contributed by atoms with Crippen LogP contribution in [0.5, 0.6) is 0 Å². The lowest BCUT2D eigenvalue weighted by Gasteiger charge is -2.12. The van der Waals surface area contributed by atoms with E-state index in [4.69, 9.17) is 0 Å². The summed E-state index contributed by atoms with van der Waals surface area (Å²) in [6.07, 6.45) is 0. The predicted octanol–water partition coefficient (Wildman–Crippen LogP) is 1.48. The Bertz CT molecular complexity index is 434. The minimum atomic E-state index is -0.569. The minimum Gasteiger partial charge on any atom is -0.327 e. The molecule has 2 rings (SSSR count). The molecule has 1 N–H and O–H groups in total. The standard InChI is InChI=1S/C11H11FN2O/c1-11(2)13-9(10(15)14-11)7-3-5-8(12)6-4-7/h3-6H,1-2H3,(H,14,15). The first kappa shape index (κ1) is 9.83. The second-order valence-electron chi connectivity index (χ2n) is 3.98. The van der Waals surface area contributed by atoms with Gasteiger partial charge in [-0.25, -0.2) is 4.39 Å². The van der Waals surface area contributed by atoms with E-state index in [2.05, 4.69) is 10.3 Å². The van der Waals surface area contributed by atoms with Crippen LogP contribution in [0.4, 0.5) is 4.39 Å². The molecule has 0 radical (unpaired) electrons. The minimum absolute atomic E-state index is 0.216. The number of nitrogens with one attached hydrogen (secondary N) is 1. The van der Waals surface area contributed by atoms with Gasteiger partial charge in [0.25, 0.3) is 5.91 Å². The molecule has 1 aliphatic rings. The van der Waals surface area contributed by atoms with Crippen LogP contribution in [-0.2, 0) is 4.79 Å². The van der Waals surface area contributed by atoms with E-state index in [1.807, 2.05) is 0 Å². The van der Waals surface area contributed by atoms with Gasteiger partial charge in [-0.05, 0) is 38.1 Å². The van der Waals surface area contributed by atoms with Crippen LogP contribution in [0.15, 0.2) is 29.3 Å². The first-order valence-electron chi connectivity index (χ1n) is 4.66. The molecule has 0 bridgehead atoms. The van der Waals surface area contributed by atoms with Crippen molar-refractivity contribution in [2.24, 2.45) is 4.99 Å². The summed E-state index contributed by atoms with van der Waals surface area (Å²) in [5.41, 5.74) is 0.431. The summed E-state index contributed by atoms with van der Waals surface area (Å²) in [6.45, 7) is 3.61. The molecule has 0 unspecified atom stereocenters. The fourth-order valence-corrected chi connectivity index (χ4v) is 1.50. The molecule has 15 heavy (non-hydrogen) atoms. The molecular weight excluding hydrogens is 195 g/mol. The molecule has 78 valence electrons. The first-order valence-corrected chi connectivity index (χ1v) is 4.66. The number of aliphatic imine (C=N–C) groups is 1. The number of benzene rings is 1.